The zero-order valence-corrected chi connectivity index (χ0v) is 13.8. The van der Waals surface area contributed by atoms with E-state index in [0.717, 1.165) is 26.5 Å². The summed E-state index contributed by atoms with van der Waals surface area (Å²) in [5.74, 6) is -0.843. The topological polar surface area (TPSA) is 66.4 Å². The minimum Gasteiger partial charge on any atom is -0.480 e. The van der Waals surface area contributed by atoms with Crippen LogP contribution < -0.4 is 5.32 Å². The van der Waals surface area contributed by atoms with Crippen molar-refractivity contribution < 1.29 is 14.7 Å². The number of aliphatic carboxylic acids is 1. The van der Waals surface area contributed by atoms with Crippen LogP contribution in [0.15, 0.2) is 35.2 Å². The molecule has 0 spiro atoms. The van der Waals surface area contributed by atoms with Crippen molar-refractivity contribution in [3.05, 3.63) is 40.8 Å². The number of carbonyl (C=O) groups is 2. The van der Waals surface area contributed by atoms with Crippen molar-refractivity contribution in [3.63, 3.8) is 0 Å². The molecule has 1 heterocycles. The predicted molar refractivity (Wildman–Crippen MR) is 90.9 cm³/mol. The maximum absolute atomic E-state index is 11.0. The van der Waals surface area contributed by atoms with Gasteiger partial charge in [-0.25, -0.2) is 0 Å². The van der Waals surface area contributed by atoms with Gasteiger partial charge in [0.1, 0.15) is 12.3 Å². The molecule has 0 bridgehead atoms. The van der Waals surface area contributed by atoms with Crippen molar-refractivity contribution in [2.24, 2.45) is 0 Å². The molecule has 0 saturated heterocycles. The first kappa shape index (κ1) is 16.7. The van der Waals surface area contributed by atoms with Crippen LogP contribution >= 0.6 is 24.0 Å². The molecule has 116 valence electrons. The molecule has 0 radical (unpaired) electrons. The van der Waals surface area contributed by atoms with E-state index in [4.69, 9.17) is 5.11 Å². The summed E-state index contributed by atoms with van der Waals surface area (Å²) < 4.78 is 0. The summed E-state index contributed by atoms with van der Waals surface area (Å²) in [7, 11) is 0. The molecular weight excluding hydrogens is 318 g/mol. The highest BCUT2D eigenvalue weighted by Crippen LogP contribution is 2.33. The van der Waals surface area contributed by atoms with E-state index in [1.54, 1.807) is 23.5 Å². The zero-order valence-electron chi connectivity index (χ0n) is 12.1. The number of aldehydes is 1. The number of hydrogen-bond acceptors (Lipinski definition) is 5. The van der Waals surface area contributed by atoms with Crippen LogP contribution in [0.1, 0.15) is 28.6 Å². The van der Waals surface area contributed by atoms with Crippen molar-refractivity contribution in [2.75, 3.05) is 0 Å². The molecule has 0 saturated carbocycles. The van der Waals surface area contributed by atoms with E-state index in [0.29, 0.717) is 18.5 Å². The number of carbonyl (C=O) groups excluding carboxylic acids is 1. The number of thiol groups is 1. The second-order valence-corrected chi connectivity index (χ2v) is 6.46. The van der Waals surface area contributed by atoms with E-state index >= 15 is 0 Å². The molecule has 0 aliphatic carbocycles. The first-order chi connectivity index (χ1) is 10.5. The van der Waals surface area contributed by atoms with Crippen molar-refractivity contribution >= 4 is 36.2 Å². The lowest BCUT2D eigenvalue weighted by Gasteiger charge is -2.11. The summed E-state index contributed by atoms with van der Waals surface area (Å²) in [5.41, 5.74) is 1.66. The quantitative estimate of drug-likeness (QED) is 0.535. The lowest BCUT2D eigenvalue weighted by atomic mass is 10.1. The van der Waals surface area contributed by atoms with Gasteiger partial charge in [-0.1, -0.05) is 31.2 Å². The number of benzene rings is 1. The molecule has 2 aromatic rings. The summed E-state index contributed by atoms with van der Waals surface area (Å²) in [6, 6.07) is 8.75. The van der Waals surface area contributed by atoms with Crippen LogP contribution in [0.2, 0.25) is 0 Å². The second-order valence-electron chi connectivity index (χ2n) is 4.84. The maximum atomic E-state index is 11.0. The molecule has 1 atom stereocenters. The van der Waals surface area contributed by atoms with E-state index in [1.807, 2.05) is 25.1 Å². The molecule has 1 aromatic carbocycles. The highest BCUT2D eigenvalue weighted by Gasteiger charge is 2.15. The number of rotatable bonds is 7. The third-order valence-electron chi connectivity index (χ3n) is 3.33. The highest BCUT2D eigenvalue weighted by molar-refractivity contribution is 7.80. The van der Waals surface area contributed by atoms with E-state index < -0.39 is 12.0 Å². The van der Waals surface area contributed by atoms with Crippen molar-refractivity contribution in [2.45, 2.75) is 30.8 Å². The maximum Gasteiger partial charge on any atom is 0.320 e. The number of hydrogen-bond donors (Lipinski definition) is 3. The van der Waals surface area contributed by atoms with E-state index in [1.165, 1.54) is 0 Å². The largest absolute Gasteiger partial charge is 0.480 e. The van der Waals surface area contributed by atoms with Crippen LogP contribution in [0.4, 0.5) is 0 Å². The molecule has 0 amide bonds. The van der Waals surface area contributed by atoms with Gasteiger partial charge in [-0.2, -0.15) is 0 Å². The molecule has 22 heavy (non-hydrogen) atoms. The van der Waals surface area contributed by atoms with E-state index in [-0.39, 0.29) is 0 Å². The Morgan fingerprint density at radius 2 is 2.09 bits per heavy atom. The Bertz CT molecular complexity index is 665. The summed E-state index contributed by atoms with van der Waals surface area (Å²) in [6.07, 6.45) is 1.34. The molecule has 0 aliphatic heterocycles. The van der Waals surface area contributed by atoms with Crippen LogP contribution in [0.5, 0.6) is 0 Å². The first-order valence-corrected chi connectivity index (χ1v) is 8.15. The lowest BCUT2D eigenvalue weighted by molar-refractivity contribution is -0.139. The normalized spacial score (nSPS) is 12.1. The minimum atomic E-state index is -0.843. The van der Waals surface area contributed by atoms with Crippen molar-refractivity contribution in [3.8, 4) is 10.4 Å². The summed E-state index contributed by atoms with van der Waals surface area (Å²) in [4.78, 5) is 24.6. The van der Waals surface area contributed by atoms with Crippen LogP contribution in [-0.2, 0) is 11.3 Å². The molecule has 1 aromatic heterocycles. The van der Waals surface area contributed by atoms with Gasteiger partial charge in [0.15, 0.2) is 0 Å². The molecule has 6 heteroatoms. The van der Waals surface area contributed by atoms with Gasteiger partial charge in [-0.15, -0.1) is 24.0 Å². The lowest BCUT2D eigenvalue weighted by Crippen LogP contribution is -2.35. The molecule has 2 N–H and O–H groups in total. The van der Waals surface area contributed by atoms with Gasteiger partial charge < -0.3 is 5.11 Å². The smallest absolute Gasteiger partial charge is 0.320 e. The fourth-order valence-electron chi connectivity index (χ4n) is 2.04. The van der Waals surface area contributed by atoms with Crippen LogP contribution in [0.25, 0.3) is 10.4 Å². The van der Waals surface area contributed by atoms with Gasteiger partial charge in [-0.05, 0) is 18.1 Å². The Labute approximate surface area is 138 Å². The SMILES string of the molecule is CCC(NCc1sc(-c2ccc(C=O)cc2)cc1S)C(=O)O. The first-order valence-electron chi connectivity index (χ1n) is 6.88. The Kier molecular flexibility index (Phi) is 5.76. The number of nitrogens with one attached hydrogen (secondary N) is 1. The van der Waals surface area contributed by atoms with E-state index in [9.17, 15) is 9.59 Å². The van der Waals surface area contributed by atoms with Crippen LogP contribution in [0, 0.1) is 0 Å². The van der Waals surface area contributed by atoms with Gasteiger partial charge in [0.05, 0.1) is 0 Å². The number of carboxylic acids is 1. The average molecular weight is 335 g/mol. The van der Waals surface area contributed by atoms with Gasteiger partial charge >= 0.3 is 5.97 Å². The van der Waals surface area contributed by atoms with Gasteiger partial charge in [0, 0.05) is 26.8 Å². The number of thiophene rings is 1. The highest BCUT2D eigenvalue weighted by atomic mass is 32.1. The minimum absolute atomic E-state index is 0.473. The van der Waals surface area contributed by atoms with Crippen molar-refractivity contribution in [1.29, 1.82) is 0 Å². The third kappa shape index (κ3) is 3.97. The Morgan fingerprint density at radius 1 is 1.41 bits per heavy atom. The molecular formula is C16H17NO3S2. The third-order valence-corrected chi connectivity index (χ3v) is 5.07. The molecule has 0 aliphatic rings. The molecule has 2 rings (SSSR count). The van der Waals surface area contributed by atoms with E-state index in [2.05, 4.69) is 17.9 Å². The summed E-state index contributed by atoms with van der Waals surface area (Å²) in [6.45, 7) is 2.31. The average Bonchev–Trinajstić information content (AvgIpc) is 2.89. The predicted octanol–water partition coefficient (Wildman–Crippen LogP) is 3.47. The van der Waals surface area contributed by atoms with Gasteiger partial charge in [0.2, 0.25) is 0 Å². The molecule has 1 unspecified atom stereocenters. The summed E-state index contributed by atoms with van der Waals surface area (Å²) >= 11 is 6.03. The number of carboxylic acid groups (broad SMARTS) is 1. The Hall–Kier alpha value is -1.63. The fourth-order valence-corrected chi connectivity index (χ4v) is 3.48. The Morgan fingerprint density at radius 3 is 2.64 bits per heavy atom. The summed E-state index contributed by atoms with van der Waals surface area (Å²) in [5, 5.41) is 12.1. The van der Waals surface area contributed by atoms with Crippen LogP contribution in [0.3, 0.4) is 0 Å². The fraction of sp³-hybridized carbons (Fsp3) is 0.250. The monoisotopic (exact) mass is 335 g/mol. The zero-order chi connectivity index (χ0) is 16.1. The standard InChI is InChI=1S/C16H17NO3S2/c1-2-12(16(19)20)17-8-15-13(21)7-14(22-15)11-5-3-10(9-18)4-6-11/h3-7,9,12,17,21H,2,8H2,1H3,(H,19,20). The van der Waals surface area contributed by atoms with Crippen molar-refractivity contribution in [1.82, 2.24) is 5.32 Å². The molecule has 4 nitrogen and oxygen atoms in total. The van der Waals surface area contributed by atoms with Crippen LogP contribution in [-0.4, -0.2) is 23.4 Å². The molecule has 0 fully saturated rings. The Balaban J connectivity index is 2.13. The second kappa shape index (κ2) is 7.58. The van der Waals surface area contributed by atoms with Gasteiger partial charge in [0.25, 0.3) is 0 Å². The van der Waals surface area contributed by atoms with Gasteiger partial charge in [-0.3, -0.25) is 14.9 Å².